The van der Waals surface area contributed by atoms with Crippen LogP contribution in [0.25, 0.3) is 11.3 Å². The number of rotatable bonds is 2. The number of nitro groups is 1. The summed E-state index contributed by atoms with van der Waals surface area (Å²) in [7, 11) is 0. The SMILES string of the molecule is O=c1ccc(-c2ccc([N+](=O)[O-])cc2)n[nH]1. The third kappa shape index (κ3) is 1.95. The zero-order valence-electron chi connectivity index (χ0n) is 8.08. The second kappa shape index (κ2) is 3.93. The highest BCUT2D eigenvalue weighted by molar-refractivity contribution is 5.59. The summed E-state index contributed by atoms with van der Waals surface area (Å²) in [6, 6.07) is 8.85. The predicted molar refractivity (Wildman–Crippen MR) is 56.9 cm³/mol. The second-order valence-corrected chi connectivity index (χ2v) is 3.11. The van der Waals surface area contributed by atoms with Gasteiger partial charge in [0.2, 0.25) is 0 Å². The number of hydrogen-bond donors (Lipinski definition) is 1. The molecule has 0 fully saturated rings. The van der Waals surface area contributed by atoms with Crippen molar-refractivity contribution in [2.45, 2.75) is 0 Å². The first-order valence-electron chi connectivity index (χ1n) is 4.47. The maximum atomic E-state index is 10.8. The van der Waals surface area contributed by atoms with Crippen LogP contribution >= 0.6 is 0 Å². The van der Waals surface area contributed by atoms with Crippen LogP contribution in [0.15, 0.2) is 41.2 Å². The minimum Gasteiger partial charge on any atom is -0.268 e. The number of aromatic amines is 1. The Hall–Kier alpha value is -2.50. The lowest BCUT2D eigenvalue weighted by atomic mass is 10.1. The summed E-state index contributed by atoms with van der Waals surface area (Å²) >= 11 is 0. The molecule has 0 saturated heterocycles. The van der Waals surface area contributed by atoms with E-state index in [-0.39, 0.29) is 11.2 Å². The standard InChI is InChI=1S/C10H7N3O3/c14-10-6-5-9(11-12-10)7-1-3-8(4-2-7)13(15)16/h1-6H,(H,12,14). The van der Waals surface area contributed by atoms with E-state index in [1.54, 1.807) is 18.2 Å². The van der Waals surface area contributed by atoms with Gasteiger partial charge in [0.15, 0.2) is 0 Å². The quantitative estimate of drug-likeness (QED) is 0.607. The molecular formula is C10H7N3O3. The van der Waals surface area contributed by atoms with Crippen LogP contribution in [-0.4, -0.2) is 15.1 Å². The molecular weight excluding hydrogens is 210 g/mol. The van der Waals surface area contributed by atoms with Crippen LogP contribution in [0.4, 0.5) is 5.69 Å². The van der Waals surface area contributed by atoms with Crippen LogP contribution in [0.3, 0.4) is 0 Å². The van der Waals surface area contributed by atoms with Gasteiger partial charge in [-0.15, -0.1) is 0 Å². The smallest absolute Gasteiger partial charge is 0.268 e. The summed E-state index contributed by atoms with van der Waals surface area (Å²) < 4.78 is 0. The fraction of sp³-hybridized carbons (Fsp3) is 0. The summed E-state index contributed by atoms with van der Waals surface area (Å²) in [5.74, 6) is 0. The van der Waals surface area contributed by atoms with E-state index in [4.69, 9.17) is 0 Å². The normalized spacial score (nSPS) is 10.0. The van der Waals surface area contributed by atoms with Crippen molar-refractivity contribution in [2.75, 3.05) is 0 Å². The number of hydrogen-bond acceptors (Lipinski definition) is 4. The molecule has 80 valence electrons. The maximum Gasteiger partial charge on any atom is 0.269 e. The van der Waals surface area contributed by atoms with Crippen LogP contribution in [0.5, 0.6) is 0 Å². The van der Waals surface area contributed by atoms with Crippen molar-refractivity contribution in [1.82, 2.24) is 10.2 Å². The van der Waals surface area contributed by atoms with Crippen LogP contribution in [-0.2, 0) is 0 Å². The molecule has 0 unspecified atom stereocenters. The first-order chi connectivity index (χ1) is 7.66. The number of H-pyrrole nitrogens is 1. The molecule has 6 heteroatoms. The van der Waals surface area contributed by atoms with Gasteiger partial charge in [0.1, 0.15) is 0 Å². The number of non-ortho nitro benzene ring substituents is 1. The molecule has 0 radical (unpaired) electrons. The molecule has 0 saturated carbocycles. The van der Waals surface area contributed by atoms with Gasteiger partial charge in [-0.1, -0.05) is 0 Å². The van der Waals surface area contributed by atoms with Gasteiger partial charge in [0.05, 0.1) is 10.6 Å². The van der Waals surface area contributed by atoms with E-state index in [1.165, 1.54) is 18.2 Å². The minimum atomic E-state index is -0.468. The number of nitrogens with one attached hydrogen (secondary N) is 1. The molecule has 16 heavy (non-hydrogen) atoms. The molecule has 0 aliphatic carbocycles. The lowest BCUT2D eigenvalue weighted by Gasteiger charge is -1.98. The number of nitro benzene ring substituents is 1. The summed E-state index contributed by atoms with van der Waals surface area (Å²) in [4.78, 5) is 20.8. The minimum absolute atomic E-state index is 0.0215. The Morgan fingerprint density at radius 1 is 1.12 bits per heavy atom. The van der Waals surface area contributed by atoms with Gasteiger partial charge in [-0.25, -0.2) is 5.10 Å². The average molecular weight is 217 g/mol. The Morgan fingerprint density at radius 3 is 2.31 bits per heavy atom. The highest BCUT2D eigenvalue weighted by atomic mass is 16.6. The van der Waals surface area contributed by atoms with Gasteiger partial charge in [-0.2, -0.15) is 5.10 Å². The van der Waals surface area contributed by atoms with Crippen LogP contribution in [0.2, 0.25) is 0 Å². The van der Waals surface area contributed by atoms with Crippen LogP contribution < -0.4 is 5.56 Å². The molecule has 0 atom stereocenters. The molecule has 1 N–H and O–H groups in total. The second-order valence-electron chi connectivity index (χ2n) is 3.11. The fourth-order valence-corrected chi connectivity index (χ4v) is 1.26. The van der Waals surface area contributed by atoms with E-state index >= 15 is 0 Å². The van der Waals surface area contributed by atoms with Crippen molar-refractivity contribution in [3.63, 3.8) is 0 Å². The molecule has 1 heterocycles. The Morgan fingerprint density at radius 2 is 1.81 bits per heavy atom. The third-order valence-corrected chi connectivity index (χ3v) is 2.05. The Labute approximate surface area is 89.7 Å². The monoisotopic (exact) mass is 217 g/mol. The van der Waals surface area contributed by atoms with Crippen molar-refractivity contribution in [1.29, 1.82) is 0 Å². The molecule has 2 aromatic rings. The topological polar surface area (TPSA) is 88.9 Å². The largest absolute Gasteiger partial charge is 0.269 e. The maximum absolute atomic E-state index is 10.8. The fourth-order valence-electron chi connectivity index (χ4n) is 1.26. The number of benzene rings is 1. The number of nitrogens with zero attached hydrogens (tertiary/aromatic N) is 2. The average Bonchev–Trinajstić information content (AvgIpc) is 2.30. The Kier molecular flexibility index (Phi) is 2.47. The van der Waals surface area contributed by atoms with Crippen molar-refractivity contribution in [3.05, 3.63) is 56.9 Å². The zero-order valence-corrected chi connectivity index (χ0v) is 8.08. The van der Waals surface area contributed by atoms with Gasteiger partial charge >= 0.3 is 0 Å². The van der Waals surface area contributed by atoms with Crippen molar-refractivity contribution in [3.8, 4) is 11.3 Å². The lowest BCUT2D eigenvalue weighted by molar-refractivity contribution is -0.384. The van der Waals surface area contributed by atoms with E-state index in [1.807, 2.05) is 0 Å². The molecule has 0 aliphatic heterocycles. The van der Waals surface area contributed by atoms with Crippen molar-refractivity contribution < 1.29 is 4.92 Å². The molecule has 1 aromatic carbocycles. The molecule has 0 aliphatic rings. The van der Waals surface area contributed by atoms with E-state index < -0.39 is 4.92 Å². The summed E-state index contributed by atoms with van der Waals surface area (Å²) in [5, 5.41) is 16.5. The van der Waals surface area contributed by atoms with Crippen LogP contribution in [0, 0.1) is 10.1 Å². The summed E-state index contributed by atoms with van der Waals surface area (Å²) in [5.41, 5.74) is 1.01. The first kappa shape index (κ1) is 10.0. The van der Waals surface area contributed by atoms with E-state index in [0.29, 0.717) is 11.3 Å². The molecule has 0 spiro atoms. The molecule has 6 nitrogen and oxygen atoms in total. The molecule has 0 bridgehead atoms. The predicted octanol–water partition coefficient (Wildman–Crippen LogP) is 1.35. The Balaban J connectivity index is 2.38. The highest BCUT2D eigenvalue weighted by Crippen LogP contribution is 2.19. The third-order valence-electron chi connectivity index (χ3n) is 2.05. The van der Waals surface area contributed by atoms with E-state index in [2.05, 4.69) is 10.2 Å². The number of aromatic nitrogens is 2. The van der Waals surface area contributed by atoms with E-state index in [9.17, 15) is 14.9 Å². The lowest BCUT2D eigenvalue weighted by Crippen LogP contribution is -2.05. The van der Waals surface area contributed by atoms with E-state index in [0.717, 1.165) is 0 Å². The van der Waals surface area contributed by atoms with Gasteiger partial charge in [-0.05, 0) is 18.2 Å². The van der Waals surface area contributed by atoms with Crippen LogP contribution in [0.1, 0.15) is 0 Å². The van der Waals surface area contributed by atoms with Gasteiger partial charge < -0.3 is 0 Å². The summed E-state index contributed by atoms with van der Waals surface area (Å²) in [6.07, 6.45) is 0. The van der Waals surface area contributed by atoms with Crippen molar-refractivity contribution in [2.24, 2.45) is 0 Å². The summed E-state index contributed by atoms with van der Waals surface area (Å²) in [6.45, 7) is 0. The Bertz CT molecular complexity index is 554. The highest BCUT2D eigenvalue weighted by Gasteiger charge is 2.05. The zero-order chi connectivity index (χ0) is 11.5. The van der Waals surface area contributed by atoms with Crippen molar-refractivity contribution >= 4 is 5.69 Å². The first-order valence-corrected chi connectivity index (χ1v) is 4.47. The molecule has 1 aromatic heterocycles. The van der Waals surface area contributed by atoms with Gasteiger partial charge in [-0.3, -0.25) is 14.9 Å². The van der Waals surface area contributed by atoms with Gasteiger partial charge in [0, 0.05) is 23.8 Å². The van der Waals surface area contributed by atoms with Gasteiger partial charge in [0.25, 0.3) is 11.2 Å². The molecule has 2 rings (SSSR count). The molecule has 0 amide bonds.